The highest BCUT2D eigenvalue weighted by molar-refractivity contribution is 6.23. The molecule has 42 heavy (non-hydrogen) atoms. The average molecular weight is 588 g/mol. The fraction of sp³-hybridized carbons (Fsp3) is 0.548. The number of hydrogen-bond donors (Lipinski definition) is 4. The van der Waals surface area contributed by atoms with E-state index in [0.29, 0.717) is 12.0 Å². The van der Waals surface area contributed by atoms with E-state index in [2.05, 4.69) is 10.6 Å². The van der Waals surface area contributed by atoms with Gasteiger partial charge in [-0.3, -0.25) is 14.4 Å². The van der Waals surface area contributed by atoms with Crippen LogP contribution in [0.4, 0.5) is 4.79 Å². The Morgan fingerprint density at radius 3 is 2.38 bits per heavy atom. The van der Waals surface area contributed by atoms with Crippen LogP contribution in [0.1, 0.15) is 54.4 Å². The highest BCUT2D eigenvalue weighted by atomic mass is 16.6. The van der Waals surface area contributed by atoms with Gasteiger partial charge in [0.15, 0.2) is 6.10 Å². The summed E-state index contributed by atoms with van der Waals surface area (Å²) in [6.07, 6.45) is 3.89. The van der Waals surface area contributed by atoms with Gasteiger partial charge in [0, 0.05) is 43.4 Å². The van der Waals surface area contributed by atoms with Crippen LogP contribution in [-0.2, 0) is 28.6 Å². The molecule has 1 aliphatic carbocycles. The van der Waals surface area contributed by atoms with Gasteiger partial charge in [0.25, 0.3) is 5.91 Å². The molecule has 0 saturated heterocycles. The molecule has 0 aromatic rings. The molecule has 0 saturated carbocycles. The normalized spacial score (nSPS) is 28.6. The molecular formula is C31H45N3O8. The number of allylic oxidation sites excluding steroid dienone is 4. The highest BCUT2D eigenvalue weighted by Gasteiger charge is 2.33. The van der Waals surface area contributed by atoms with Crippen molar-refractivity contribution in [2.45, 2.75) is 84.8 Å². The van der Waals surface area contributed by atoms with Crippen LogP contribution in [0.5, 0.6) is 0 Å². The molecule has 0 radical (unpaired) electrons. The molecule has 2 aliphatic rings. The number of aliphatic hydroxyl groups is 1. The number of Topliss-reactive ketones (excluding diaryl/α,β-unsaturated/α-hetero) is 1. The number of aliphatic hydroxyl groups excluding tert-OH is 1. The molecule has 0 unspecified atom stereocenters. The second-order valence-corrected chi connectivity index (χ2v) is 11.2. The summed E-state index contributed by atoms with van der Waals surface area (Å²) >= 11 is 0. The number of primary amides is 1. The lowest BCUT2D eigenvalue weighted by Crippen LogP contribution is -2.38. The van der Waals surface area contributed by atoms with Gasteiger partial charge in [0.05, 0.1) is 23.6 Å². The Labute approximate surface area is 247 Å². The Bertz CT molecular complexity index is 1200. The molecule has 0 aromatic carbocycles. The van der Waals surface area contributed by atoms with E-state index in [-0.39, 0.29) is 40.9 Å². The van der Waals surface area contributed by atoms with E-state index >= 15 is 0 Å². The standard InChI is InChI=1S/C31H45N3O8/c1-16(2)33-26-21-12-17(3)13-25(41-8)27(36)19(5)14-20(6)29(42-31(32)39)24(40-7)11-9-10-18(4)30(38)34-22(28(21)37)15-23(26)35/h9-11,14-17,19,24-25,27,29,33,36H,12-13H2,1-8H3,(H2,32,39)(H,34,38)/t17-,19+,24+,25+,27-,29+/m1/s1. The Morgan fingerprint density at radius 1 is 1.14 bits per heavy atom. The first kappa shape index (κ1) is 34.7. The third-order valence-corrected chi connectivity index (χ3v) is 7.23. The van der Waals surface area contributed by atoms with E-state index in [9.17, 15) is 24.3 Å². The minimum absolute atomic E-state index is 0.110. The van der Waals surface area contributed by atoms with Crippen LogP contribution in [0.2, 0.25) is 0 Å². The first-order chi connectivity index (χ1) is 19.7. The van der Waals surface area contributed by atoms with Crippen LogP contribution in [0, 0.1) is 11.8 Å². The topological polar surface area (TPSA) is 166 Å². The number of fused-ring (bicyclic) bond motifs is 2. The molecule has 6 atom stereocenters. The second-order valence-electron chi connectivity index (χ2n) is 11.2. The summed E-state index contributed by atoms with van der Waals surface area (Å²) in [7, 11) is 2.93. The fourth-order valence-electron chi connectivity index (χ4n) is 5.03. The Morgan fingerprint density at radius 2 is 1.81 bits per heavy atom. The molecule has 1 heterocycles. The molecule has 0 aromatic heterocycles. The van der Waals surface area contributed by atoms with Gasteiger partial charge in [0.2, 0.25) is 11.6 Å². The van der Waals surface area contributed by atoms with Crippen molar-refractivity contribution in [3.63, 3.8) is 0 Å². The van der Waals surface area contributed by atoms with Crippen LogP contribution >= 0.6 is 0 Å². The summed E-state index contributed by atoms with van der Waals surface area (Å²) in [5.74, 6) is -2.05. The third-order valence-electron chi connectivity index (χ3n) is 7.23. The maximum Gasteiger partial charge on any atom is 0.405 e. The number of rotatable bonds is 5. The molecule has 2 rings (SSSR count). The Kier molecular flexibility index (Phi) is 12.9. The zero-order valence-corrected chi connectivity index (χ0v) is 25.7. The summed E-state index contributed by atoms with van der Waals surface area (Å²) in [6.45, 7) is 10.7. The van der Waals surface area contributed by atoms with E-state index in [1.54, 1.807) is 32.1 Å². The van der Waals surface area contributed by atoms with Gasteiger partial charge in [-0.05, 0) is 52.0 Å². The molecule has 2 bridgehead atoms. The average Bonchev–Trinajstić information content (AvgIpc) is 2.91. The first-order valence-corrected chi connectivity index (χ1v) is 14.0. The number of ketones is 2. The number of amides is 2. The van der Waals surface area contributed by atoms with Crippen molar-refractivity contribution in [2.24, 2.45) is 17.6 Å². The van der Waals surface area contributed by atoms with Gasteiger partial charge in [-0.2, -0.15) is 0 Å². The van der Waals surface area contributed by atoms with Crippen molar-refractivity contribution >= 4 is 23.6 Å². The number of methoxy groups -OCH3 is 2. The van der Waals surface area contributed by atoms with Gasteiger partial charge in [-0.1, -0.05) is 38.2 Å². The summed E-state index contributed by atoms with van der Waals surface area (Å²) in [4.78, 5) is 51.4. The summed E-state index contributed by atoms with van der Waals surface area (Å²) in [5.41, 5.74) is 6.54. The van der Waals surface area contributed by atoms with Gasteiger partial charge in [-0.25, -0.2) is 4.79 Å². The quantitative estimate of drug-likeness (QED) is 0.279. The van der Waals surface area contributed by atoms with E-state index in [4.69, 9.17) is 19.9 Å². The Balaban J connectivity index is 2.63. The van der Waals surface area contributed by atoms with Crippen LogP contribution in [0.3, 0.4) is 0 Å². The van der Waals surface area contributed by atoms with Gasteiger partial charge >= 0.3 is 6.09 Å². The molecule has 5 N–H and O–H groups in total. The molecule has 1 aliphatic heterocycles. The van der Waals surface area contributed by atoms with Gasteiger partial charge in [-0.15, -0.1) is 0 Å². The van der Waals surface area contributed by atoms with Crippen LogP contribution in [0.15, 0.2) is 58.5 Å². The molecule has 11 heteroatoms. The number of carbonyl (C=O) groups excluding carboxylic acids is 4. The minimum Gasteiger partial charge on any atom is -0.439 e. The van der Waals surface area contributed by atoms with Crippen LogP contribution < -0.4 is 16.4 Å². The van der Waals surface area contributed by atoms with Crippen LogP contribution in [-0.4, -0.2) is 73.4 Å². The second kappa shape index (κ2) is 15.6. The Hall–Kier alpha value is -3.54. The fourth-order valence-corrected chi connectivity index (χ4v) is 5.03. The number of ether oxygens (including phenoxy) is 3. The van der Waals surface area contributed by atoms with Crippen molar-refractivity contribution in [1.82, 2.24) is 10.6 Å². The predicted molar refractivity (Wildman–Crippen MR) is 158 cm³/mol. The van der Waals surface area contributed by atoms with E-state index in [0.717, 1.165) is 6.08 Å². The largest absolute Gasteiger partial charge is 0.439 e. The zero-order chi connectivity index (χ0) is 31.7. The van der Waals surface area contributed by atoms with E-state index < -0.39 is 53.9 Å². The summed E-state index contributed by atoms with van der Waals surface area (Å²) < 4.78 is 16.6. The molecule has 232 valence electrons. The number of hydrogen-bond acceptors (Lipinski definition) is 9. The smallest absolute Gasteiger partial charge is 0.405 e. The first-order valence-electron chi connectivity index (χ1n) is 14.0. The lowest BCUT2D eigenvalue weighted by atomic mass is 9.85. The lowest BCUT2D eigenvalue weighted by Gasteiger charge is -2.30. The maximum atomic E-state index is 13.6. The van der Waals surface area contributed by atoms with Crippen molar-refractivity contribution in [3.05, 3.63) is 58.5 Å². The monoisotopic (exact) mass is 587 g/mol. The van der Waals surface area contributed by atoms with Crippen molar-refractivity contribution in [2.75, 3.05) is 14.2 Å². The molecule has 11 nitrogen and oxygen atoms in total. The lowest BCUT2D eigenvalue weighted by molar-refractivity contribution is -0.120. The van der Waals surface area contributed by atoms with E-state index in [1.165, 1.54) is 20.3 Å². The van der Waals surface area contributed by atoms with Gasteiger partial charge in [0.1, 0.15) is 6.10 Å². The summed E-state index contributed by atoms with van der Waals surface area (Å²) in [5, 5.41) is 16.9. The highest BCUT2D eigenvalue weighted by Crippen LogP contribution is 2.29. The minimum atomic E-state index is -0.997. The maximum absolute atomic E-state index is 13.6. The van der Waals surface area contributed by atoms with Gasteiger partial charge < -0.3 is 35.7 Å². The number of carbonyl (C=O) groups is 4. The predicted octanol–water partition coefficient (Wildman–Crippen LogP) is 2.76. The zero-order valence-electron chi connectivity index (χ0n) is 25.7. The van der Waals surface area contributed by atoms with Crippen molar-refractivity contribution < 1.29 is 38.5 Å². The number of nitrogens with one attached hydrogen (secondary N) is 2. The summed E-state index contributed by atoms with van der Waals surface area (Å²) in [6, 6.07) is -0.110. The van der Waals surface area contributed by atoms with Crippen molar-refractivity contribution in [1.29, 1.82) is 0 Å². The van der Waals surface area contributed by atoms with E-state index in [1.807, 2.05) is 27.7 Å². The van der Waals surface area contributed by atoms with Crippen LogP contribution in [0.25, 0.3) is 0 Å². The van der Waals surface area contributed by atoms with Crippen molar-refractivity contribution in [3.8, 4) is 0 Å². The molecule has 0 spiro atoms. The number of nitrogens with two attached hydrogens (primary N) is 1. The SMILES string of the molecule is CO[C@H]1C=CC=C(C)C(=O)NC2=CC(=O)C(NC(C)C)=C(C[C@@H](C)C[C@H](OC)[C@H](O)[C@@H](C)C=C(C)[C@@H]1OC(N)=O)C2=O. The third kappa shape index (κ3) is 9.23. The molecule has 2 amide bonds. The molecular weight excluding hydrogens is 542 g/mol. The molecule has 0 fully saturated rings.